The number of halogens is 1. The Morgan fingerprint density at radius 1 is 1.15 bits per heavy atom. The average Bonchev–Trinajstić information content (AvgIpc) is 2.81. The number of carbonyl (C=O) groups excluding carboxylic acids is 1. The minimum atomic E-state index is -0.184. The Hall–Kier alpha value is -2.33. The molecule has 8 heteroatoms. The van der Waals surface area contributed by atoms with E-state index in [4.69, 9.17) is 15.5 Å². The molecule has 2 aromatic carbocycles. The minimum Gasteiger partial charge on any atom is -0.497 e. The number of hydrogen-bond donors (Lipinski definition) is 3. The number of methoxy groups -OCH3 is 1. The highest BCUT2D eigenvalue weighted by atomic mass is 127. The lowest BCUT2D eigenvalue weighted by atomic mass is 9.97. The van der Waals surface area contributed by atoms with Gasteiger partial charge in [0.2, 0.25) is 5.91 Å². The Morgan fingerprint density at radius 3 is 2.61 bits per heavy atom. The zero-order valence-electron chi connectivity index (χ0n) is 19.5. The van der Waals surface area contributed by atoms with Crippen LogP contribution >= 0.6 is 24.0 Å². The topological polar surface area (TPSA) is 92.0 Å². The maximum atomic E-state index is 11.5. The van der Waals surface area contributed by atoms with Gasteiger partial charge in [0.15, 0.2) is 5.96 Å². The van der Waals surface area contributed by atoms with E-state index in [2.05, 4.69) is 46.7 Å². The Labute approximate surface area is 214 Å². The zero-order chi connectivity index (χ0) is 22.8. The van der Waals surface area contributed by atoms with E-state index in [-0.39, 0.29) is 35.8 Å². The van der Waals surface area contributed by atoms with Crippen molar-refractivity contribution in [1.29, 1.82) is 0 Å². The van der Waals surface area contributed by atoms with Crippen molar-refractivity contribution in [3.8, 4) is 5.75 Å². The maximum absolute atomic E-state index is 11.5. The normalized spacial score (nSPS) is 16.5. The molecule has 1 saturated heterocycles. The molecule has 0 aliphatic carbocycles. The van der Waals surface area contributed by atoms with E-state index < -0.39 is 0 Å². The van der Waals surface area contributed by atoms with Gasteiger partial charge in [-0.3, -0.25) is 9.69 Å². The first-order valence-corrected chi connectivity index (χ1v) is 11.3. The second-order valence-electron chi connectivity index (χ2n) is 8.19. The second kappa shape index (κ2) is 14.0. The predicted molar refractivity (Wildman–Crippen MR) is 144 cm³/mol. The van der Waals surface area contributed by atoms with Crippen LogP contribution in [0.3, 0.4) is 0 Å². The summed E-state index contributed by atoms with van der Waals surface area (Å²) in [6.07, 6.45) is 1.92. The molecular weight excluding hydrogens is 529 g/mol. The molecule has 1 atom stereocenters. The van der Waals surface area contributed by atoms with E-state index in [0.29, 0.717) is 13.1 Å². The molecule has 0 aromatic heterocycles. The van der Waals surface area contributed by atoms with Crippen LogP contribution in [0.2, 0.25) is 0 Å². The highest BCUT2D eigenvalue weighted by Gasteiger charge is 2.23. The summed E-state index contributed by atoms with van der Waals surface area (Å²) in [6, 6.07) is 16.5. The number of hydrogen-bond acceptors (Lipinski definition) is 4. The predicted octanol–water partition coefficient (Wildman–Crippen LogP) is 3.27. The number of primary amides is 1. The van der Waals surface area contributed by atoms with Crippen LogP contribution in [-0.4, -0.2) is 43.5 Å². The fourth-order valence-corrected chi connectivity index (χ4v) is 3.96. The molecule has 1 fully saturated rings. The number of benzene rings is 2. The van der Waals surface area contributed by atoms with Crippen molar-refractivity contribution in [3.05, 3.63) is 65.2 Å². The number of aliphatic imine (C=N–C) groups is 1. The third-order valence-electron chi connectivity index (χ3n) is 5.69. The van der Waals surface area contributed by atoms with Gasteiger partial charge in [-0.05, 0) is 55.1 Å². The van der Waals surface area contributed by atoms with Crippen LogP contribution in [-0.2, 0) is 24.4 Å². The average molecular weight is 566 g/mol. The molecule has 0 saturated carbocycles. The summed E-state index contributed by atoms with van der Waals surface area (Å²) < 4.78 is 5.21. The van der Waals surface area contributed by atoms with Gasteiger partial charge in [-0.25, -0.2) is 4.99 Å². The van der Waals surface area contributed by atoms with E-state index in [1.807, 2.05) is 24.3 Å². The van der Waals surface area contributed by atoms with Crippen LogP contribution in [0.4, 0.5) is 0 Å². The number of nitrogens with two attached hydrogens (primary N) is 1. The van der Waals surface area contributed by atoms with Gasteiger partial charge in [-0.15, -0.1) is 24.0 Å². The van der Waals surface area contributed by atoms with Crippen molar-refractivity contribution in [1.82, 2.24) is 15.5 Å². The van der Waals surface area contributed by atoms with Crippen LogP contribution < -0.4 is 21.1 Å². The van der Waals surface area contributed by atoms with Crippen LogP contribution in [0.25, 0.3) is 0 Å². The number of carbonyl (C=O) groups is 1. The number of rotatable bonds is 9. The molecule has 180 valence electrons. The number of nitrogens with zero attached hydrogens (tertiary/aromatic N) is 2. The van der Waals surface area contributed by atoms with Gasteiger partial charge in [0.1, 0.15) is 5.75 Å². The fourth-order valence-electron chi connectivity index (χ4n) is 3.96. The van der Waals surface area contributed by atoms with Crippen LogP contribution in [0.15, 0.2) is 53.5 Å². The molecule has 1 aliphatic heterocycles. The first-order chi connectivity index (χ1) is 15.6. The van der Waals surface area contributed by atoms with Crippen molar-refractivity contribution >= 4 is 35.8 Å². The Kier molecular flexibility index (Phi) is 11.5. The molecule has 0 radical (unpaired) electrons. The van der Waals surface area contributed by atoms with Gasteiger partial charge >= 0.3 is 0 Å². The second-order valence-corrected chi connectivity index (χ2v) is 8.19. The minimum absolute atomic E-state index is 0. The summed E-state index contributed by atoms with van der Waals surface area (Å²) in [5.41, 5.74) is 9.07. The largest absolute Gasteiger partial charge is 0.497 e. The lowest BCUT2D eigenvalue weighted by Gasteiger charge is -2.31. The molecule has 2 aromatic rings. The summed E-state index contributed by atoms with van der Waals surface area (Å²) in [5.74, 6) is 1.42. The van der Waals surface area contributed by atoms with Gasteiger partial charge in [-0.2, -0.15) is 0 Å². The van der Waals surface area contributed by atoms with Crippen molar-refractivity contribution in [2.45, 2.75) is 39.4 Å². The van der Waals surface area contributed by atoms with Crippen molar-refractivity contribution < 1.29 is 9.53 Å². The standard InChI is InChI=1S/C25H35N5O2.HI/c1-3-27-25(28-15-19-9-11-23(32-2)12-10-19)29-16-20-6-4-7-21(14-20)17-30-13-5-8-22(18-30)24(26)31;/h4,6-7,9-12,14,22H,3,5,8,13,15-18H2,1-2H3,(H2,26,31)(H2,27,28,29);1H. The first kappa shape index (κ1) is 26.9. The smallest absolute Gasteiger partial charge is 0.221 e. The van der Waals surface area contributed by atoms with Gasteiger partial charge in [-0.1, -0.05) is 36.4 Å². The van der Waals surface area contributed by atoms with Gasteiger partial charge in [0.05, 0.1) is 19.6 Å². The molecule has 0 spiro atoms. The Balaban J connectivity index is 0.00000385. The fraction of sp³-hybridized carbons (Fsp3) is 0.440. The van der Waals surface area contributed by atoms with E-state index in [1.165, 1.54) is 5.56 Å². The molecule has 1 unspecified atom stereocenters. The number of ether oxygens (including phenoxy) is 1. The summed E-state index contributed by atoms with van der Waals surface area (Å²) in [4.78, 5) is 18.6. The van der Waals surface area contributed by atoms with Crippen LogP contribution in [0, 0.1) is 5.92 Å². The molecular formula is C25H36IN5O2. The first-order valence-electron chi connectivity index (χ1n) is 11.3. The molecule has 1 aliphatic rings. The maximum Gasteiger partial charge on any atom is 0.221 e. The van der Waals surface area contributed by atoms with Crippen molar-refractivity contribution in [3.63, 3.8) is 0 Å². The monoisotopic (exact) mass is 565 g/mol. The SMILES string of the molecule is CCNC(=NCc1cccc(CN2CCCC(C(N)=O)C2)c1)NCc1ccc(OC)cc1.I. The van der Waals surface area contributed by atoms with E-state index in [1.54, 1.807) is 7.11 Å². The number of nitrogens with one attached hydrogen (secondary N) is 2. The molecule has 1 amide bonds. The third kappa shape index (κ3) is 8.85. The molecule has 1 heterocycles. The lowest BCUT2D eigenvalue weighted by Crippen LogP contribution is -2.40. The Morgan fingerprint density at radius 2 is 1.91 bits per heavy atom. The van der Waals surface area contributed by atoms with Gasteiger partial charge in [0, 0.05) is 26.2 Å². The summed E-state index contributed by atoms with van der Waals surface area (Å²) >= 11 is 0. The molecule has 3 rings (SSSR count). The molecule has 0 bridgehead atoms. The highest BCUT2D eigenvalue weighted by molar-refractivity contribution is 14.0. The molecule has 33 heavy (non-hydrogen) atoms. The Bertz CT molecular complexity index is 904. The van der Waals surface area contributed by atoms with Crippen molar-refractivity contribution in [2.75, 3.05) is 26.7 Å². The van der Waals surface area contributed by atoms with Crippen molar-refractivity contribution in [2.24, 2.45) is 16.6 Å². The van der Waals surface area contributed by atoms with E-state index >= 15 is 0 Å². The third-order valence-corrected chi connectivity index (χ3v) is 5.69. The number of likely N-dealkylation sites (tertiary alicyclic amines) is 1. The quantitative estimate of drug-likeness (QED) is 0.247. The van der Waals surface area contributed by atoms with Crippen LogP contribution in [0.5, 0.6) is 5.75 Å². The number of piperidine rings is 1. The lowest BCUT2D eigenvalue weighted by molar-refractivity contribution is -0.123. The van der Waals surface area contributed by atoms with Crippen LogP contribution in [0.1, 0.15) is 36.5 Å². The molecule has 4 N–H and O–H groups in total. The van der Waals surface area contributed by atoms with E-state index in [9.17, 15) is 4.79 Å². The summed E-state index contributed by atoms with van der Waals surface area (Å²) in [7, 11) is 1.67. The number of amides is 1. The summed E-state index contributed by atoms with van der Waals surface area (Å²) in [5, 5.41) is 6.69. The van der Waals surface area contributed by atoms with Gasteiger partial charge < -0.3 is 21.1 Å². The number of guanidine groups is 1. The zero-order valence-corrected chi connectivity index (χ0v) is 21.9. The molecule has 7 nitrogen and oxygen atoms in total. The van der Waals surface area contributed by atoms with Gasteiger partial charge in [0.25, 0.3) is 0 Å². The highest BCUT2D eigenvalue weighted by Crippen LogP contribution is 2.19. The van der Waals surface area contributed by atoms with E-state index in [0.717, 1.165) is 61.9 Å². The summed E-state index contributed by atoms with van der Waals surface area (Å²) in [6.45, 7) is 6.72.